The topological polar surface area (TPSA) is 110 Å². The van der Waals surface area contributed by atoms with Gasteiger partial charge in [0.05, 0.1) is 23.7 Å². The molecule has 0 saturated carbocycles. The third-order valence-electron chi connectivity index (χ3n) is 9.68. The van der Waals surface area contributed by atoms with Crippen LogP contribution in [0.2, 0.25) is 0 Å². The molecule has 0 saturated heterocycles. The van der Waals surface area contributed by atoms with E-state index >= 15 is 0 Å². The summed E-state index contributed by atoms with van der Waals surface area (Å²) in [4.78, 5) is 39.3. The fourth-order valence-corrected chi connectivity index (χ4v) is 6.98. The highest BCUT2D eigenvalue weighted by molar-refractivity contribution is 6.24. The minimum absolute atomic E-state index is 0.0392. The standard InChI is InChI=1S/C37H36F6N2O6/c1-34(2)24-16-20(32(48)49)8-10-26(24)44(14-6-12-36(38,39)40)28(34)18-22-30(46)23(31(22)47)19-29-35(3,4)25-17-21(33(50)51-5)9-11-27(25)45(29)15-7-13-37(41,42)43/h8-11,16-19H,6-7,12-15H2,1-5H3,(H-,46,47,48,49). The number of carboxylic acids is 1. The van der Waals surface area contributed by atoms with Crippen LogP contribution in [0.4, 0.5) is 37.7 Å². The first kappa shape index (κ1) is 37.4. The van der Waals surface area contributed by atoms with E-state index in [1.807, 2.05) is 0 Å². The molecule has 3 aliphatic rings. The summed E-state index contributed by atoms with van der Waals surface area (Å²) in [5, 5.41) is 23.3. The van der Waals surface area contributed by atoms with Crippen molar-refractivity contribution in [2.45, 2.75) is 76.6 Å². The van der Waals surface area contributed by atoms with Crippen LogP contribution in [-0.4, -0.2) is 65.7 Å². The van der Waals surface area contributed by atoms with E-state index in [9.17, 15) is 50.9 Å². The van der Waals surface area contributed by atoms with Gasteiger partial charge in [0, 0.05) is 71.5 Å². The van der Waals surface area contributed by atoms with Gasteiger partial charge in [-0.15, -0.1) is 0 Å². The second-order valence-corrected chi connectivity index (χ2v) is 13.8. The van der Waals surface area contributed by atoms with Gasteiger partial charge in [-0.25, -0.2) is 9.59 Å². The Hall–Kier alpha value is -4.88. The number of allylic oxidation sites excluding steroid dienone is 5. The quantitative estimate of drug-likeness (QED) is 0.122. The molecule has 14 heteroatoms. The van der Waals surface area contributed by atoms with Crippen molar-refractivity contribution in [3.05, 3.63) is 93.4 Å². The van der Waals surface area contributed by atoms with E-state index in [0.717, 1.165) is 0 Å². The number of carbonyl (C=O) groups is 3. The summed E-state index contributed by atoms with van der Waals surface area (Å²) in [5.74, 6) is -3.15. The summed E-state index contributed by atoms with van der Waals surface area (Å²) >= 11 is 0. The normalized spacial score (nSPS) is 19.5. The predicted molar refractivity (Wildman–Crippen MR) is 173 cm³/mol. The number of benzene rings is 2. The molecule has 0 unspecified atom stereocenters. The monoisotopic (exact) mass is 718 g/mol. The van der Waals surface area contributed by atoms with Gasteiger partial charge < -0.3 is 19.8 Å². The average molecular weight is 719 g/mol. The number of anilines is 1. The molecule has 272 valence electrons. The molecule has 2 aromatic rings. The Bertz CT molecular complexity index is 1950. The molecular weight excluding hydrogens is 682 g/mol. The van der Waals surface area contributed by atoms with Crippen LogP contribution in [-0.2, 0) is 20.4 Å². The third kappa shape index (κ3) is 7.05. The van der Waals surface area contributed by atoms with Crippen molar-refractivity contribution in [2.75, 3.05) is 25.1 Å². The maximum atomic E-state index is 13.7. The van der Waals surface area contributed by atoms with Crippen LogP contribution in [0.15, 0.2) is 71.2 Å². The Labute approximate surface area is 290 Å². The number of carbonyl (C=O) groups excluding carboxylic acids is 2. The molecule has 0 spiro atoms. The number of halogens is 6. The van der Waals surface area contributed by atoms with Crippen LogP contribution < -0.4 is 10.0 Å². The van der Waals surface area contributed by atoms with Gasteiger partial charge in [0.2, 0.25) is 5.69 Å². The lowest BCUT2D eigenvalue weighted by atomic mass is 9.77. The van der Waals surface area contributed by atoms with Crippen LogP contribution >= 0.6 is 0 Å². The highest BCUT2D eigenvalue weighted by atomic mass is 19.4. The zero-order valence-electron chi connectivity index (χ0n) is 28.5. The predicted octanol–water partition coefficient (Wildman–Crippen LogP) is 7.04. The van der Waals surface area contributed by atoms with Gasteiger partial charge in [-0.05, 0) is 62.2 Å². The van der Waals surface area contributed by atoms with Crippen molar-refractivity contribution in [3.8, 4) is 0 Å². The smallest absolute Gasteiger partial charge is 0.389 e. The Balaban J connectivity index is 1.58. The lowest BCUT2D eigenvalue weighted by Gasteiger charge is -2.33. The van der Waals surface area contributed by atoms with E-state index in [2.05, 4.69) is 0 Å². The molecule has 0 amide bonds. The highest BCUT2D eigenvalue weighted by Crippen LogP contribution is 2.50. The second-order valence-electron chi connectivity index (χ2n) is 13.8. The lowest BCUT2D eigenvalue weighted by Crippen LogP contribution is -2.35. The Kier molecular flexibility index (Phi) is 9.55. The summed E-state index contributed by atoms with van der Waals surface area (Å²) in [7, 11) is 1.21. The molecule has 0 atom stereocenters. The van der Waals surface area contributed by atoms with Crippen LogP contribution in [0, 0.1) is 0 Å². The molecular formula is C37H36F6N2O6. The molecule has 2 aliphatic heterocycles. The van der Waals surface area contributed by atoms with Crippen molar-refractivity contribution >= 4 is 34.8 Å². The zero-order valence-corrected chi connectivity index (χ0v) is 28.5. The number of carboxylic acid groups (broad SMARTS) is 1. The number of aromatic carboxylic acids is 1. The first-order chi connectivity index (χ1) is 23.6. The number of methoxy groups -OCH3 is 1. The first-order valence-electron chi connectivity index (χ1n) is 16.2. The number of ketones is 1. The summed E-state index contributed by atoms with van der Waals surface area (Å²) in [6.45, 7) is 6.71. The lowest BCUT2D eigenvalue weighted by molar-refractivity contribution is -0.439. The molecule has 8 nitrogen and oxygen atoms in total. The van der Waals surface area contributed by atoms with Gasteiger partial charge in [0.1, 0.15) is 6.54 Å². The molecule has 1 N–H and O–H groups in total. The number of hydrogen-bond acceptors (Lipinski definition) is 6. The number of esters is 1. The van der Waals surface area contributed by atoms with E-state index in [-0.39, 0.29) is 48.2 Å². The first-order valence-corrected chi connectivity index (χ1v) is 16.2. The summed E-state index contributed by atoms with van der Waals surface area (Å²) < 4.78 is 85.1. The van der Waals surface area contributed by atoms with E-state index in [1.54, 1.807) is 49.3 Å². The minimum atomic E-state index is -4.42. The number of nitrogens with zero attached hydrogens (tertiary/aromatic N) is 2. The number of fused-ring (bicyclic) bond motifs is 2. The minimum Gasteiger partial charge on any atom is -0.871 e. The fraction of sp³-hybridized carbons (Fsp3) is 0.405. The maximum absolute atomic E-state index is 13.7. The SMILES string of the molecule is COC(=O)c1ccc2c(c1)C(C)(C)C(/C=C1\C(=O)C(/C=C3/N(CCCC(F)(F)F)c4ccc(C(=O)O)cc4C3(C)C)=C1[O-])=[N+]2CCCC(F)(F)F. The fourth-order valence-electron chi connectivity index (χ4n) is 6.98. The van der Waals surface area contributed by atoms with E-state index in [4.69, 9.17) is 4.74 Å². The van der Waals surface area contributed by atoms with Gasteiger partial charge in [0.25, 0.3) is 0 Å². The summed E-state index contributed by atoms with van der Waals surface area (Å²) in [6.07, 6.45) is -8.90. The van der Waals surface area contributed by atoms with Crippen LogP contribution in [0.3, 0.4) is 0 Å². The third-order valence-corrected chi connectivity index (χ3v) is 9.68. The second kappa shape index (κ2) is 13.0. The number of alkyl halides is 6. The largest absolute Gasteiger partial charge is 0.871 e. The van der Waals surface area contributed by atoms with Crippen LogP contribution in [0.1, 0.15) is 85.2 Å². The summed E-state index contributed by atoms with van der Waals surface area (Å²) in [5.41, 5.74) is 0.478. The van der Waals surface area contributed by atoms with Crippen molar-refractivity contribution in [1.82, 2.24) is 0 Å². The molecule has 51 heavy (non-hydrogen) atoms. The van der Waals surface area contributed by atoms with Crippen molar-refractivity contribution < 1.29 is 60.3 Å². The molecule has 0 radical (unpaired) electrons. The van der Waals surface area contributed by atoms with Crippen LogP contribution in [0.25, 0.3) is 0 Å². The molecule has 2 heterocycles. The number of Topliss-reactive ketones (excluding diaryl/α,β-unsaturated/α-hetero) is 1. The number of rotatable bonds is 10. The maximum Gasteiger partial charge on any atom is 0.389 e. The van der Waals surface area contributed by atoms with E-state index in [0.29, 0.717) is 33.9 Å². The molecule has 0 fully saturated rings. The van der Waals surface area contributed by atoms with Crippen molar-refractivity contribution in [1.29, 1.82) is 0 Å². The highest BCUT2D eigenvalue weighted by Gasteiger charge is 2.47. The molecule has 0 aromatic heterocycles. The van der Waals surface area contributed by atoms with Gasteiger partial charge >= 0.3 is 24.3 Å². The summed E-state index contributed by atoms with van der Waals surface area (Å²) in [6, 6.07) is 8.87. The molecule has 1 aliphatic carbocycles. The van der Waals surface area contributed by atoms with Gasteiger partial charge in [-0.2, -0.15) is 30.9 Å². The number of hydrogen-bond donors (Lipinski definition) is 1. The van der Waals surface area contributed by atoms with Gasteiger partial charge in [-0.1, -0.05) is 19.6 Å². The van der Waals surface area contributed by atoms with Gasteiger partial charge in [0.15, 0.2) is 11.5 Å². The zero-order chi connectivity index (χ0) is 37.8. The molecule has 2 aromatic carbocycles. The Morgan fingerprint density at radius 1 is 0.902 bits per heavy atom. The number of ether oxygens (including phenoxy) is 1. The van der Waals surface area contributed by atoms with Crippen molar-refractivity contribution in [2.24, 2.45) is 0 Å². The molecule has 5 rings (SSSR count). The van der Waals surface area contributed by atoms with Crippen molar-refractivity contribution in [3.63, 3.8) is 0 Å². The van der Waals surface area contributed by atoms with E-state index < -0.39 is 59.5 Å². The van der Waals surface area contributed by atoms with E-state index in [1.165, 1.54) is 43.5 Å². The average Bonchev–Trinajstić information content (AvgIpc) is 3.38. The molecule has 0 bridgehead atoms. The Morgan fingerprint density at radius 2 is 1.51 bits per heavy atom. The Morgan fingerprint density at radius 3 is 2.10 bits per heavy atom. The van der Waals surface area contributed by atoms with Crippen LogP contribution in [0.5, 0.6) is 0 Å². The van der Waals surface area contributed by atoms with Gasteiger partial charge in [-0.3, -0.25) is 4.79 Å².